The van der Waals surface area contributed by atoms with Gasteiger partial charge in [0.05, 0.1) is 12.3 Å². The molecule has 1 saturated heterocycles. The van der Waals surface area contributed by atoms with Gasteiger partial charge in [0.25, 0.3) is 11.8 Å². The summed E-state index contributed by atoms with van der Waals surface area (Å²) in [6.45, 7) is 4.57. The molecule has 178 valence electrons. The van der Waals surface area contributed by atoms with Gasteiger partial charge in [-0.3, -0.25) is 14.9 Å². The zero-order valence-electron chi connectivity index (χ0n) is 19.2. The first-order chi connectivity index (χ1) is 16.9. The molecule has 1 aliphatic heterocycles. The van der Waals surface area contributed by atoms with Crippen molar-refractivity contribution in [2.24, 2.45) is 0 Å². The van der Waals surface area contributed by atoms with E-state index in [0.717, 1.165) is 28.2 Å². The van der Waals surface area contributed by atoms with E-state index in [0.29, 0.717) is 30.3 Å². The Hall–Kier alpha value is -4.46. The fourth-order valence-electron chi connectivity index (χ4n) is 3.50. The molecular formula is C27H23FN2O5. The molecule has 1 aliphatic rings. The summed E-state index contributed by atoms with van der Waals surface area (Å²) in [7, 11) is 0. The summed E-state index contributed by atoms with van der Waals surface area (Å²) >= 11 is 0. The van der Waals surface area contributed by atoms with Crippen molar-refractivity contribution in [3.63, 3.8) is 0 Å². The number of urea groups is 1. The number of rotatable bonds is 7. The van der Waals surface area contributed by atoms with Crippen LogP contribution in [0.25, 0.3) is 6.08 Å². The molecule has 0 aliphatic carbocycles. The number of imide groups is 2. The zero-order chi connectivity index (χ0) is 24.9. The minimum Gasteiger partial charge on any atom is -0.490 e. The van der Waals surface area contributed by atoms with Gasteiger partial charge in [0.2, 0.25) is 0 Å². The molecule has 4 amide bonds. The van der Waals surface area contributed by atoms with E-state index in [1.165, 1.54) is 18.2 Å². The fraction of sp³-hybridized carbons (Fsp3) is 0.148. The maximum absolute atomic E-state index is 13.3. The van der Waals surface area contributed by atoms with Crippen LogP contribution in [0.2, 0.25) is 0 Å². The minimum atomic E-state index is -0.904. The first-order valence-electron chi connectivity index (χ1n) is 11.0. The Labute approximate surface area is 201 Å². The number of anilines is 1. The molecule has 0 bridgehead atoms. The Balaban J connectivity index is 1.60. The summed E-state index contributed by atoms with van der Waals surface area (Å²) in [4.78, 5) is 38.6. The molecule has 0 aromatic heterocycles. The summed E-state index contributed by atoms with van der Waals surface area (Å²) in [6, 6.07) is 16.9. The van der Waals surface area contributed by atoms with E-state index in [9.17, 15) is 18.8 Å². The number of barbiturate groups is 1. The molecule has 1 fully saturated rings. The standard InChI is InChI=1S/C27H23FN2O5/c1-3-34-24-15-19(8-13-23(24)35-16-18-6-4-17(2)5-7-18)14-22-25(31)29-27(33)30(26(22)32)21-11-9-20(28)10-12-21/h4-15H,3,16H2,1-2H3,(H,29,31,33)/b22-14+. The minimum absolute atomic E-state index is 0.141. The van der Waals surface area contributed by atoms with Crippen molar-refractivity contribution in [2.75, 3.05) is 11.5 Å². The number of carbonyl (C=O) groups is 3. The summed E-state index contributed by atoms with van der Waals surface area (Å²) in [6.07, 6.45) is 1.37. The van der Waals surface area contributed by atoms with Crippen LogP contribution in [-0.2, 0) is 16.2 Å². The molecule has 8 heteroatoms. The lowest BCUT2D eigenvalue weighted by atomic mass is 10.1. The average Bonchev–Trinajstić information content (AvgIpc) is 2.83. The lowest BCUT2D eigenvalue weighted by Crippen LogP contribution is -2.54. The van der Waals surface area contributed by atoms with Crippen LogP contribution >= 0.6 is 0 Å². The Morgan fingerprint density at radius 1 is 0.914 bits per heavy atom. The molecule has 1 heterocycles. The molecule has 4 rings (SSSR count). The molecule has 0 saturated carbocycles. The quantitative estimate of drug-likeness (QED) is 0.394. The first kappa shape index (κ1) is 23.7. The number of hydrogen-bond acceptors (Lipinski definition) is 5. The molecule has 35 heavy (non-hydrogen) atoms. The number of carbonyl (C=O) groups excluding carboxylic acids is 3. The van der Waals surface area contributed by atoms with Crippen molar-refractivity contribution >= 4 is 29.6 Å². The molecular weight excluding hydrogens is 451 g/mol. The third-order valence-corrected chi connectivity index (χ3v) is 5.28. The highest BCUT2D eigenvalue weighted by atomic mass is 19.1. The van der Waals surface area contributed by atoms with Crippen molar-refractivity contribution in [2.45, 2.75) is 20.5 Å². The highest BCUT2D eigenvalue weighted by Crippen LogP contribution is 2.31. The van der Waals surface area contributed by atoms with Crippen LogP contribution in [0.5, 0.6) is 11.5 Å². The third-order valence-electron chi connectivity index (χ3n) is 5.28. The van der Waals surface area contributed by atoms with Crippen molar-refractivity contribution in [3.05, 3.63) is 94.8 Å². The normalized spacial score (nSPS) is 14.8. The lowest BCUT2D eigenvalue weighted by Gasteiger charge is -2.26. The number of nitrogens with one attached hydrogen (secondary N) is 1. The van der Waals surface area contributed by atoms with Gasteiger partial charge in [-0.25, -0.2) is 14.1 Å². The smallest absolute Gasteiger partial charge is 0.335 e. The summed E-state index contributed by atoms with van der Waals surface area (Å²) in [5.41, 5.74) is 2.55. The van der Waals surface area contributed by atoms with E-state index in [2.05, 4.69) is 5.32 Å². The van der Waals surface area contributed by atoms with Crippen molar-refractivity contribution in [3.8, 4) is 11.5 Å². The van der Waals surface area contributed by atoms with Crippen LogP contribution in [0.4, 0.5) is 14.9 Å². The van der Waals surface area contributed by atoms with Crippen LogP contribution < -0.4 is 19.7 Å². The van der Waals surface area contributed by atoms with Crippen molar-refractivity contribution in [1.82, 2.24) is 5.32 Å². The van der Waals surface area contributed by atoms with Gasteiger partial charge in [-0.15, -0.1) is 0 Å². The van der Waals surface area contributed by atoms with Crippen LogP contribution in [0, 0.1) is 12.7 Å². The molecule has 0 unspecified atom stereocenters. The predicted molar refractivity (Wildman–Crippen MR) is 129 cm³/mol. The SMILES string of the molecule is CCOc1cc(/C=C2\C(=O)NC(=O)N(c3ccc(F)cc3)C2=O)ccc1OCc1ccc(C)cc1. The van der Waals surface area contributed by atoms with Gasteiger partial charge in [-0.2, -0.15) is 0 Å². The Morgan fingerprint density at radius 3 is 2.31 bits per heavy atom. The molecule has 3 aromatic rings. The second-order valence-electron chi connectivity index (χ2n) is 7.85. The largest absolute Gasteiger partial charge is 0.490 e. The maximum atomic E-state index is 13.3. The van der Waals surface area contributed by atoms with Crippen LogP contribution in [0.15, 0.2) is 72.3 Å². The second-order valence-corrected chi connectivity index (χ2v) is 7.85. The Morgan fingerprint density at radius 2 is 1.63 bits per heavy atom. The van der Waals surface area contributed by atoms with Crippen molar-refractivity contribution in [1.29, 1.82) is 0 Å². The van der Waals surface area contributed by atoms with Gasteiger partial charge in [-0.05, 0) is 67.4 Å². The predicted octanol–water partition coefficient (Wildman–Crippen LogP) is 4.78. The number of nitrogens with zero attached hydrogens (tertiary/aromatic N) is 1. The van der Waals surface area contributed by atoms with Gasteiger partial charge in [0, 0.05) is 0 Å². The number of aryl methyl sites for hydroxylation is 1. The second kappa shape index (κ2) is 10.2. The van der Waals surface area contributed by atoms with Crippen LogP contribution in [-0.4, -0.2) is 24.5 Å². The molecule has 3 aromatic carbocycles. The van der Waals surface area contributed by atoms with Gasteiger partial charge >= 0.3 is 6.03 Å². The number of benzene rings is 3. The molecule has 7 nitrogen and oxygen atoms in total. The van der Waals surface area contributed by atoms with Gasteiger partial charge in [-0.1, -0.05) is 35.9 Å². The molecule has 0 radical (unpaired) electrons. The number of hydrogen-bond donors (Lipinski definition) is 1. The monoisotopic (exact) mass is 474 g/mol. The number of halogens is 1. The first-order valence-corrected chi connectivity index (χ1v) is 11.0. The Bertz CT molecular complexity index is 1300. The number of amides is 4. The van der Waals surface area contributed by atoms with E-state index in [4.69, 9.17) is 9.47 Å². The van der Waals surface area contributed by atoms with Crippen molar-refractivity contribution < 1.29 is 28.2 Å². The van der Waals surface area contributed by atoms with E-state index in [-0.39, 0.29) is 11.3 Å². The molecule has 1 N–H and O–H groups in total. The van der Waals surface area contributed by atoms with E-state index < -0.39 is 23.7 Å². The van der Waals surface area contributed by atoms with Crippen LogP contribution in [0.1, 0.15) is 23.6 Å². The van der Waals surface area contributed by atoms with Crippen LogP contribution in [0.3, 0.4) is 0 Å². The Kier molecular flexibility index (Phi) is 6.91. The molecule has 0 spiro atoms. The third kappa shape index (κ3) is 5.38. The number of ether oxygens (including phenoxy) is 2. The van der Waals surface area contributed by atoms with E-state index >= 15 is 0 Å². The van der Waals surface area contributed by atoms with Gasteiger partial charge < -0.3 is 9.47 Å². The zero-order valence-corrected chi connectivity index (χ0v) is 19.2. The summed E-state index contributed by atoms with van der Waals surface area (Å²) < 4.78 is 24.9. The topological polar surface area (TPSA) is 84.9 Å². The maximum Gasteiger partial charge on any atom is 0.335 e. The van der Waals surface area contributed by atoms with E-state index in [1.54, 1.807) is 18.2 Å². The lowest BCUT2D eigenvalue weighted by molar-refractivity contribution is -0.122. The summed E-state index contributed by atoms with van der Waals surface area (Å²) in [5, 5.41) is 2.15. The van der Waals surface area contributed by atoms with E-state index in [1.807, 2.05) is 38.1 Å². The molecule has 0 atom stereocenters. The summed E-state index contributed by atoms with van der Waals surface area (Å²) in [5.74, 6) is -1.20. The van der Waals surface area contributed by atoms with Gasteiger partial charge in [0.1, 0.15) is 18.0 Å². The average molecular weight is 474 g/mol. The highest BCUT2D eigenvalue weighted by molar-refractivity contribution is 6.39. The fourth-order valence-corrected chi connectivity index (χ4v) is 3.50. The highest BCUT2D eigenvalue weighted by Gasteiger charge is 2.36. The van der Waals surface area contributed by atoms with Gasteiger partial charge in [0.15, 0.2) is 11.5 Å².